The van der Waals surface area contributed by atoms with E-state index in [1.807, 2.05) is 0 Å². The SMILES string of the molecule is O=C(O)C1CCCCC1C(=O)NC1(CO)CCCCC1. The van der Waals surface area contributed by atoms with Crippen molar-refractivity contribution in [3.63, 3.8) is 0 Å². The molecule has 0 radical (unpaired) electrons. The van der Waals surface area contributed by atoms with Crippen molar-refractivity contribution >= 4 is 11.9 Å². The topological polar surface area (TPSA) is 86.6 Å². The van der Waals surface area contributed by atoms with Gasteiger partial charge in [0.05, 0.1) is 24.0 Å². The lowest BCUT2D eigenvalue weighted by Crippen LogP contribution is -2.55. The van der Waals surface area contributed by atoms with Crippen molar-refractivity contribution in [3.05, 3.63) is 0 Å². The summed E-state index contributed by atoms with van der Waals surface area (Å²) in [5, 5.41) is 21.9. The predicted octanol–water partition coefficient (Wildman–Crippen LogP) is 1.69. The molecule has 2 aliphatic rings. The van der Waals surface area contributed by atoms with Crippen LogP contribution in [0, 0.1) is 11.8 Å². The van der Waals surface area contributed by atoms with Gasteiger partial charge in [-0.2, -0.15) is 0 Å². The van der Waals surface area contributed by atoms with E-state index >= 15 is 0 Å². The molecular weight excluding hydrogens is 258 g/mol. The fourth-order valence-corrected chi connectivity index (χ4v) is 3.65. The van der Waals surface area contributed by atoms with E-state index in [0.29, 0.717) is 12.8 Å². The van der Waals surface area contributed by atoms with Gasteiger partial charge in [0.1, 0.15) is 0 Å². The molecule has 0 heterocycles. The minimum Gasteiger partial charge on any atom is -0.481 e. The molecule has 20 heavy (non-hydrogen) atoms. The fourth-order valence-electron chi connectivity index (χ4n) is 3.65. The molecule has 0 aliphatic heterocycles. The average molecular weight is 283 g/mol. The van der Waals surface area contributed by atoms with Crippen molar-refractivity contribution in [2.75, 3.05) is 6.61 Å². The minimum absolute atomic E-state index is 0.0524. The van der Waals surface area contributed by atoms with Gasteiger partial charge >= 0.3 is 5.97 Å². The maximum atomic E-state index is 12.5. The number of carboxylic acid groups (broad SMARTS) is 1. The van der Waals surface area contributed by atoms with E-state index in [9.17, 15) is 19.8 Å². The van der Waals surface area contributed by atoms with E-state index in [1.165, 1.54) is 0 Å². The van der Waals surface area contributed by atoms with Crippen LogP contribution in [0.3, 0.4) is 0 Å². The van der Waals surface area contributed by atoms with E-state index < -0.39 is 23.3 Å². The number of aliphatic hydroxyl groups is 1. The van der Waals surface area contributed by atoms with Crippen molar-refractivity contribution < 1.29 is 19.8 Å². The van der Waals surface area contributed by atoms with Crippen molar-refractivity contribution in [2.45, 2.75) is 63.3 Å². The number of rotatable bonds is 4. The molecule has 114 valence electrons. The van der Waals surface area contributed by atoms with Gasteiger partial charge in [-0.15, -0.1) is 0 Å². The van der Waals surface area contributed by atoms with Crippen LogP contribution < -0.4 is 5.32 Å². The summed E-state index contributed by atoms with van der Waals surface area (Å²) in [5.41, 5.74) is -0.518. The van der Waals surface area contributed by atoms with Crippen LogP contribution in [0.15, 0.2) is 0 Å². The summed E-state index contributed by atoms with van der Waals surface area (Å²) in [5.74, 6) is -2.05. The molecule has 5 nitrogen and oxygen atoms in total. The molecule has 2 atom stereocenters. The summed E-state index contributed by atoms with van der Waals surface area (Å²) in [7, 11) is 0. The second-order valence-electron chi connectivity index (χ2n) is 6.32. The summed E-state index contributed by atoms with van der Waals surface area (Å²) in [6.07, 6.45) is 7.75. The van der Waals surface area contributed by atoms with Gasteiger partial charge in [0, 0.05) is 0 Å². The van der Waals surface area contributed by atoms with Gasteiger partial charge < -0.3 is 15.5 Å². The highest BCUT2D eigenvalue weighted by Crippen LogP contribution is 2.33. The van der Waals surface area contributed by atoms with Gasteiger partial charge in [-0.1, -0.05) is 32.1 Å². The first kappa shape index (κ1) is 15.3. The number of aliphatic hydroxyl groups excluding tert-OH is 1. The zero-order chi connectivity index (χ0) is 14.6. The molecule has 0 aromatic rings. The van der Waals surface area contributed by atoms with E-state index in [0.717, 1.165) is 44.9 Å². The molecule has 0 aromatic heterocycles. The van der Waals surface area contributed by atoms with Crippen LogP contribution in [-0.2, 0) is 9.59 Å². The number of carboxylic acids is 1. The number of aliphatic carboxylic acids is 1. The highest BCUT2D eigenvalue weighted by atomic mass is 16.4. The van der Waals surface area contributed by atoms with Gasteiger partial charge in [-0.3, -0.25) is 9.59 Å². The molecule has 1 amide bonds. The van der Waals surface area contributed by atoms with Crippen molar-refractivity contribution in [1.82, 2.24) is 5.32 Å². The molecule has 0 aromatic carbocycles. The number of carbonyl (C=O) groups excluding carboxylic acids is 1. The Bertz CT molecular complexity index is 363. The van der Waals surface area contributed by atoms with Crippen LogP contribution in [0.2, 0.25) is 0 Å². The maximum Gasteiger partial charge on any atom is 0.307 e. The van der Waals surface area contributed by atoms with Gasteiger partial charge in [-0.05, 0) is 25.7 Å². The molecule has 0 saturated heterocycles. The summed E-state index contributed by atoms with van der Waals surface area (Å²) in [6, 6.07) is 0. The van der Waals surface area contributed by atoms with Crippen LogP contribution in [0.4, 0.5) is 0 Å². The van der Waals surface area contributed by atoms with Crippen LogP contribution >= 0.6 is 0 Å². The van der Waals surface area contributed by atoms with Gasteiger partial charge in [0.2, 0.25) is 5.91 Å². The summed E-state index contributed by atoms with van der Waals surface area (Å²) < 4.78 is 0. The largest absolute Gasteiger partial charge is 0.481 e. The summed E-state index contributed by atoms with van der Waals surface area (Å²) in [4.78, 5) is 23.7. The number of carbonyl (C=O) groups is 2. The second kappa shape index (κ2) is 6.57. The molecule has 3 N–H and O–H groups in total. The third-order valence-corrected chi connectivity index (χ3v) is 4.92. The Balaban J connectivity index is 2.03. The first-order chi connectivity index (χ1) is 9.58. The molecular formula is C15H25NO4. The Labute approximate surface area is 119 Å². The molecule has 2 unspecified atom stereocenters. The van der Waals surface area contributed by atoms with E-state index in [2.05, 4.69) is 5.32 Å². The Hall–Kier alpha value is -1.10. The molecule has 5 heteroatoms. The summed E-state index contributed by atoms with van der Waals surface area (Å²) in [6.45, 7) is -0.0524. The van der Waals surface area contributed by atoms with E-state index in [1.54, 1.807) is 0 Å². The number of amides is 1. The van der Waals surface area contributed by atoms with Crippen LogP contribution in [0.25, 0.3) is 0 Å². The number of hydrogen-bond donors (Lipinski definition) is 3. The lowest BCUT2D eigenvalue weighted by molar-refractivity contribution is -0.149. The molecule has 2 aliphatic carbocycles. The first-order valence-corrected chi connectivity index (χ1v) is 7.74. The van der Waals surface area contributed by atoms with Crippen LogP contribution in [-0.4, -0.2) is 34.2 Å². The summed E-state index contributed by atoms with van der Waals surface area (Å²) >= 11 is 0. The van der Waals surface area contributed by atoms with Gasteiger partial charge in [-0.25, -0.2) is 0 Å². The van der Waals surface area contributed by atoms with Crippen LogP contribution in [0.5, 0.6) is 0 Å². The van der Waals surface area contributed by atoms with Crippen LogP contribution in [0.1, 0.15) is 57.8 Å². The Kier molecular flexibility index (Phi) is 5.02. The third-order valence-electron chi connectivity index (χ3n) is 4.92. The normalized spacial score (nSPS) is 29.6. The van der Waals surface area contributed by atoms with Crippen molar-refractivity contribution in [2.24, 2.45) is 11.8 Å². The average Bonchev–Trinajstić information content (AvgIpc) is 2.48. The third kappa shape index (κ3) is 3.32. The van der Waals surface area contributed by atoms with E-state index in [-0.39, 0.29) is 12.5 Å². The Morgan fingerprint density at radius 1 is 1.00 bits per heavy atom. The highest BCUT2D eigenvalue weighted by molar-refractivity contribution is 5.85. The lowest BCUT2D eigenvalue weighted by Gasteiger charge is -2.39. The first-order valence-electron chi connectivity index (χ1n) is 7.74. The molecule has 0 spiro atoms. The number of hydrogen-bond acceptors (Lipinski definition) is 3. The molecule has 0 bridgehead atoms. The number of nitrogens with one attached hydrogen (secondary N) is 1. The quantitative estimate of drug-likeness (QED) is 0.732. The zero-order valence-electron chi connectivity index (χ0n) is 11.9. The lowest BCUT2D eigenvalue weighted by atomic mass is 9.77. The second-order valence-corrected chi connectivity index (χ2v) is 6.32. The zero-order valence-corrected chi connectivity index (χ0v) is 11.9. The van der Waals surface area contributed by atoms with Gasteiger partial charge in [0.15, 0.2) is 0 Å². The van der Waals surface area contributed by atoms with Gasteiger partial charge in [0.25, 0.3) is 0 Å². The highest BCUT2D eigenvalue weighted by Gasteiger charge is 2.40. The van der Waals surface area contributed by atoms with Crippen molar-refractivity contribution in [1.29, 1.82) is 0 Å². The van der Waals surface area contributed by atoms with Crippen molar-refractivity contribution in [3.8, 4) is 0 Å². The molecule has 2 saturated carbocycles. The standard InChI is InChI=1S/C15H25NO4/c17-10-15(8-4-1-5-9-15)16-13(18)11-6-2-3-7-12(11)14(19)20/h11-12,17H,1-10H2,(H,16,18)(H,19,20). The predicted molar refractivity (Wildman–Crippen MR) is 74.1 cm³/mol. The monoisotopic (exact) mass is 283 g/mol. The molecule has 2 rings (SSSR count). The minimum atomic E-state index is -0.869. The van der Waals surface area contributed by atoms with E-state index in [4.69, 9.17) is 0 Å². The Morgan fingerprint density at radius 2 is 1.60 bits per heavy atom. The Morgan fingerprint density at radius 3 is 2.15 bits per heavy atom. The fraction of sp³-hybridized carbons (Fsp3) is 0.867. The maximum absolute atomic E-state index is 12.5. The smallest absolute Gasteiger partial charge is 0.307 e. The molecule has 2 fully saturated rings.